The number of hydrogen-bond donors (Lipinski definition) is 4. The van der Waals surface area contributed by atoms with Gasteiger partial charge in [-0.2, -0.15) is 0 Å². The number of rotatable bonds is 17. The van der Waals surface area contributed by atoms with E-state index in [4.69, 9.17) is 57.0 Å². The minimum Gasteiger partial charge on any atom is -0.464 e. The van der Waals surface area contributed by atoms with Gasteiger partial charge in [-0.05, 0) is 62.3 Å². The summed E-state index contributed by atoms with van der Waals surface area (Å²) in [6, 6.07) is -2.10. The normalized spacial score (nSPS) is 30.7. The Balaban J connectivity index is 1.40. The van der Waals surface area contributed by atoms with Crippen LogP contribution in [0, 0.1) is 0 Å². The van der Waals surface area contributed by atoms with E-state index in [-0.39, 0.29) is 6.61 Å². The van der Waals surface area contributed by atoms with Crippen LogP contribution in [-0.4, -0.2) is 142 Å². The summed E-state index contributed by atoms with van der Waals surface area (Å²) in [4.78, 5) is 74.5. The second-order valence-electron chi connectivity index (χ2n) is 15.2. The zero-order valence-corrected chi connectivity index (χ0v) is 33.1. The van der Waals surface area contributed by atoms with E-state index in [1.54, 1.807) is 55.4 Å². The summed E-state index contributed by atoms with van der Waals surface area (Å²) < 4.78 is 57.3. The zero-order valence-electron chi connectivity index (χ0n) is 33.1. The van der Waals surface area contributed by atoms with Crippen LogP contribution in [0.3, 0.4) is 0 Å². The van der Waals surface area contributed by atoms with E-state index in [9.17, 15) is 24.0 Å². The molecular weight excluding hydrogens is 736 g/mol. The number of amides is 4. The smallest absolute Gasteiger partial charge is 0.407 e. The number of hydroxylamine groups is 2. The first kappa shape index (κ1) is 44.5. The molecule has 4 heterocycles. The van der Waals surface area contributed by atoms with E-state index in [0.29, 0.717) is 0 Å². The number of nitrogens with one attached hydrogen (secondary N) is 4. The van der Waals surface area contributed by atoms with Gasteiger partial charge in [0.25, 0.3) is 5.91 Å². The molecule has 0 unspecified atom stereocenters. The summed E-state index contributed by atoms with van der Waals surface area (Å²) in [5.74, 6) is -4.82. The average Bonchev–Trinajstić information content (AvgIpc) is 3.75. The predicted octanol–water partition coefficient (Wildman–Crippen LogP) is -0.0253. The number of ether oxygens (including phenoxy) is 10. The molecule has 0 aromatic rings. The molecule has 0 radical (unpaired) electrons. The van der Waals surface area contributed by atoms with Gasteiger partial charge >= 0.3 is 12.1 Å². The van der Waals surface area contributed by atoms with Gasteiger partial charge in [0.1, 0.15) is 42.2 Å². The fourth-order valence-corrected chi connectivity index (χ4v) is 6.52. The first-order chi connectivity index (χ1) is 25.7. The first-order valence-electron chi connectivity index (χ1n) is 18.0. The fourth-order valence-electron chi connectivity index (χ4n) is 6.52. The van der Waals surface area contributed by atoms with Crippen LogP contribution in [0.25, 0.3) is 0 Å². The number of methoxy groups -OCH3 is 2. The molecule has 0 spiro atoms. The van der Waals surface area contributed by atoms with Crippen LogP contribution in [0.1, 0.15) is 75.2 Å². The number of carbonyl (C=O) groups is 5. The molecule has 4 amide bonds. The fraction of sp³-hybridized carbons (Fsp3) is 0.853. The van der Waals surface area contributed by atoms with Gasteiger partial charge in [-0.25, -0.2) is 20.5 Å². The zero-order chi connectivity index (χ0) is 40.9. The van der Waals surface area contributed by atoms with Crippen LogP contribution < -0.4 is 21.6 Å². The summed E-state index contributed by atoms with van der Waals surface area (Å²) in [6.07, 6.45) is -9.40. The minimum atomic E-state index is -1.32. The van der Waals surface area contributed by atoms with Crippen molar-refractivity contribution in [2.75, 3.05) is 27.4 Å². The third-order valence-corrected chi connectivity index (χ3v) is 8.63. The molecule has 4 fully saturated rings. The molecule has 4 saturated heterocycles. The first-order valence-corrected chi connectivity index (χ1v) is 18.0. The van der Waals surface area contributed by atoms with Gasteiger partial charge in [0.15, 0.2) is 36.9 Å². The number of hydrogen-bond acceptors (Lipinski definition) is 17. The van der Waals surface area contributed by atoms with Crippen molar-refractivity contribution >= 4 is 29.8 Å². The van der Waals surface area contributed by atoms with Crippen molar-refractivity contribution in [1.29, 1.82) is 0 Å². The molecule has 0 aromatic carbocycles. The van der Waals surface area contributed by atoms with Crippen LogP contribution in [0.5, 0.6) is 0 Å². The average molecular weight is 793 g/mol. The molecule has 4 N–H and O–H groups in total. The molecule has 4 aliphatic heterocycles. The topological polar surface area (TPSA) is 244 Å². The lowest BCUT2D eigenvalue weighted by molar-refractivity contribution is -0.220. The SMILES string of the molecule is CCOC(=O)CONC(=O)C[C@@H](NC(=O)[C@@H](C)ONC(=O)C[C@@H](NC(=O)OC(C)(C)C)[C@H]1O[C@@H]2OC(C)(C)O[C@@H]2[C@H]1OC)[C@H]1O[C@@H]2OC(C)(C)O[C@@H]2[C@H]1OC. The van der Waals surface area contributed by atoms with E-state index in [1.807, 2.05) is 0 Å². The largest absolute Gasteiger partial charge is 0.464 e. The highest BCUT2D eigenvalue weighted by molar-refractivity contribution is 5.83. The van der Waals surface area contributed by atoms with Crippen molar-refractivity contribution in [2.45, 2.75) is 160 Å². The number of carbonyl (C=O) groups excluding carboxylic acids is 5. The van der Waals surface area contributed by atoms with Gasteiger partial charge in [-0.1, -0.05) is 0 Å². The maximum absolute atomic E-state index is 13.5. The van der Waals surface area contributed by atoms with Crippen molar-refractivity contribution in [3.8, 4) is 0 Å². The molecule has 4 aliphatic rings. The number of esters is 1. The van der Waals surface area contributed by atoms with Gasteiger partial charge in [-0.3, -0.25) is 24.1 Å². The van der Waals surface area contributed by atoms with Gasteiger partial charge < -0.3 is 58.0 Å². The van der Waals surface area contributed by atoms with Crippen LogP contribution in [0.4, 0.5) is 4.79 Å². The summed E-state index contributed by atoms with van der Waals surface area (Å²) >= 11 is 0. The second-order valence-corrected chi connectivity index (χ2v) is 15.2. The number of fused-ring (bicyclic) bond motifs is 2. The molecule has 314 valence electrons. The van der Waals surface area contributed by atoms with Crippen molar-refractivity contribution < 1.29 is 81.0 Å². The Bertz CT molecular complexity index is 1370. The highest BCUT2D eigenvalue weighted by Gasteiger charge is 2.58. The van der Waals surface area contributed by atoms with Gasteiger partial charge in [0.05, 0.1) is 31.5 Å². The van der Waals surface area contributed by atoms with Gasteiger partial charge in [0.2, 0.25) is 11.8 Å². The maximum Gasteiger partial charge on any atom is 0.407 e. The second kappa shape index (κ2) is 18.3. The molecule has 0 saturated carbocycles. The minimum absolute atomic E-state index is 0.128. The third kappa shape index (κ3) is 12.1. The molecule has 0 aromatic heterocycles. The molecule has 21 nitrogen and oxygen atoms in total. The van der Waals surface area contributed by atoms with Crippen molar-refractivity contribution in [1.82, 2.24) is 21.6 Å². The Kier molecular flexibility index (Phi) is 14.8. The van der Waals surface area contributed by atoms with Gasteiger partial charge in [-0.15, -0.1) is 0 Å². The maximum atomic E-state index is 13.5. The molecule has 11 atom stereocenters. The predicted molar refractivity (Wildman–Crippen MR) is 183 cm³/mol. The highest BCUT2D eigenvalue weighted by Crippen LogP contribution is 2.41. The molecule has 4 rings (SSSR count). The van der Waals surface area contributed by atoms with E-state index in [0.717, 1.165) is 0 Å². The van der Waals surface area contributed by atoms with Crippen LogP contribution in [0.15, 0.2) is 0 Å². The lowest BCUT2D eigenvalue weighted by Gasteiger charge is -2.31. The summed E-state index contributed by atoms with van der Waals surface area (Å²) in [5, 5.41) is 5.38. The summed E-state index contributed by atoms with van der Waals surface area (Å²) in [6.45, 7) is 14.5. The van der Waals surface area contributed by atoms with Crippen molar-refractivity contribution in [3.05, 3.63) is 0 Å². The lowest BCUT2D eigenvalue weighted by atomic mass is 10.00. The summed E-state index contributed by atoms with van der Waals surface area (Å²) in [5.41, 5.74) is 3.54. The summed E-state index contributed by atoms with van der Waals surface area (Å²) in [7, 11) is 2.86. The van der Waals surface area contributed by atoms with E-state index < -0.39 is 134 Å². The van der Waals surface area contributed by atoms with Crippen LogP contribution >= 0.6 is 0 Å². The molecule has 21 heteroatoms. The number of alkyl carbamates (subject to hydrolysis) is 1. The van der Waals surface area contributed by atoms with Crippen LogP contribution in [-0.2, 0) is 76.2 Å². The van der Waals surface area contributed by atoms with Crippen molar-refractivity contribution in [3.63, 3.8) is 0 Å². The molecular formula is C34H56N4O17. The van der Waals surface area contributed by atoms with Gasteiger partial charge in [0, 0.05) is 14.2 Å². The van der Waals surface area contributed by atoms with E-state index in [1.165, 1.54) is 21.1 Å². The third-order valence-electron chi connectivity index (χ3n) is 8.63. The van der Waals surface area contributed by atoms with E-state index >= 15 is 0 Å². The Morgan fingerprint density at radius 1 is 0.745 bits per heavy atom. The quantitative estimate of drug-likeness (QED) is 0.112. The van der Waals surface area contributed by atoms with Crippen molar-refractivity contribution in [2.24, 2.45) is 0 Å². The Morgan fingerprint density at radius 2 is 1.24 bits per heavy atom. The standard InChI is InChI=1S/C34H56N4O17/c1-12-46-21(41)15-47-37-19(39)13-17(22-24(44-10)26-29(48-22)52-33(6,7)50-26)35-28(42)16(2)55-38-20(40)14-18(36-31(43)54-32(3,4)5)23-25(45-11)27-30(49-23)53-34(8,9)51-27/h16-18,22-27,29-30H,12-15H2,1-11H3,(H,35,42)(H,36,43)(H,37,39)(H,38,40)/t16-,17-,18-,22-,23-,24+,25+,26-,27-,29-,30-/m1/s1. The monoisotopic (exact) mass is 792 g/mol. The molecule has 0 aliphatic carbocycles. The lowest BCUT2D eigenvalue weighted by Crippen LogP contribution is -2.55. The van der Waals surface area contributed by atoms with E-state index in [2.05, 4.69) is 21.6 Å². The Morgan fingerprint density at radius 3 is 1.71 bits per heavy atom. The highest BCUT2D eigenvalue weighted by atomic mass is 16.9. The Hall–Kier alpha value is -3.25. The molecule has 0 bridgehead atoms. The Labute approximate surface area is 319 Å². The van der Waals surface area contributed by atoms with Crippen LogP contribution in [0.2, 0.25) is 0 Å². The molecule has 55 heavy (non-hydrogen) atoms.